The first-order valence-electron chi connectivity index (χ1n) is 5.08. The van der Waals surface area contributed by atoms with E-state index in [1.54, 1.807) is 29.7 Å². The Bertz CT molecular complexity index is 653. The highest BCUT2D eigenvalue weighted by atomic mass is 79.9. The molecule has 0 radical (unpaired) electrons. The molecule has 2 aromatic heterocycles. The van der Waals surface area contributed by atoms with Gasteiger partial charge in [-0.1, -0.05) is 0 Å². The van der Waals surface area contributed by atoms with Crippen LogP contribution in [0.1, 0.15) is 4.88 Å². The number of sulfone groups is 1. The Labute approximate surface area is 118 Å². The summed E-state index contributed by atoms with van der Waals surface area (Å²) in [5.74, 6) is 0.393. The number of anilines is 1. The number of nitrogens with one attached hydrogen (secondary N) is 1. The van der Waals surface area contributed by atoms with Crippen molar-refractivity contribution in [2.24, 2.45) is 0 Å². The minimum atomic E-state index is -3.26. The molecule has 0 atom stereocenters. The summed E-state index contributed by atoms with van der Waals surface area (Å²) < 4.78 is 24.2. The van der Waals surface area contributed by atoms with Gasteiger partial charge in [0.15, 0.2) is 9.84 Å². The van der Waals surface area contributed by atoms with Gasteiger partial charge in [-0.15, -0.1) is 11.3 Å². The number of halogens is 1. The quantitative estimate of drug-likeness (QED) is 0.924. The van der Waals surface area contributed by atoms with Crippen LogP contribution < -0.4 is 5.32 Å². The first-order valence-corrected chi connectivity index (χ1v) is 8.65. The van der Waals surface area contributed by atoms with Crippen LogP contribution in [-0.2, 0) is 16.4 Å². The van der Waals surface area contributed by atoms with Crippen molar-refractivity contribution in [2.75, 3.05) is 11.6 Å². The lowest BCUT2D eigenvalue weighted by Crippen LogP contribution is -2.07. The Morgan fingerprint density at radius 3 is 2.89 bits per heavy atom. The Morgan fingerprint density at radius 1 is 1.50 bits per heavy atom. The molecule has 1 N–H and O–H groups in total. The Morgan fingerprint density at radius 2 is 2.28 bits per heavy atom. The van der Waals surface area contributed by atoms with Crippen molar-refractivity contribution in [3.8, 4) is 0 Å². The van der Waals surface area contributed by atoms with E-state index in [0.717, 1.165) is 9.35 Å². The molecule has 0 saturated carbocycles. The molecule has 7 heteroatoms. The van der Waals surface area contributed by atoms with Crippen molar-refractivity contribution < 1.29 is 8.42 Å². The third kappa shape index (κ3) is 3.30. The summed E-state index contributed by atoms with van der Waals surface area (Å²) in [5, 5.41) is 5.03. The average molecular weight is 347 g/mol. The van der Waals surface area contributed by atoms with Crippen LogP contribution in [-0.4, -0.2) is 19.7 Å². The zero-order valence-electron chi connectivity index (χ0n) is 9.55. The van der Waals surface area contributed by atoms with Crippen LogP contribution in [0.4, 0.5) is 5.82 Å². The molecular weight excluding hydrogens is 336 g/mol. The van der Waals surface area contributed by atoms with Crippen molar-refractivity contribution >= 4 is 42.9 Å². The molecule has 0 fully saturated rings. The minimum absolute atomic E-state index is 0.223. The molecule has 0 aliphatic rings. The molecule has 4 nitrogen and oxygen atoms in total. The highest BCUT2D eigenvalue weighted by Gasteiger charge is 2.13. The highest BCUT2D eigenvalue weighted by Crippen LogP contribution is 2.22. The van der Waals surface area contributed by atoms with Gasteiger partial charge < -0.3 is 5.32 Å². The maximum Gasteiger partial charge on any atom is 0.179 e. The third-order valence-electron chi connectivity index (χ3n) is 2.22. The summed E-state index contributed by atoms with van der Waals surface area (Å²) in [5.41, 5.74) is 0. The monoisotopic (exact) mass is 346 g/mol. The summed E-state index contributed by atoms with van der Waals surface area (Å²) >= 11 is 4.97. The molecule has 96 valence electrons. The molecule has 2 rings (SSSR count). The fourth-order valence-electron chi connectivity index (χ4n) is 1.44. The normalized spacial score (nSPS) is 11.4. The molecule has 0 aromatic carbocycles. The second kappa shape index (κ2) is 5.38. The fraction of sp³-hybridized carbons (Fsp3) is 0.182. The van der Waals surface area contributed by atoms with Crippen LogP contribution in [0.5, 0.6) is 0 Å². The van der Waals surface area contributed by atoms with Gasteiger partial charge in [-0.2, -0.15) is 0 Å². The van der Waals surface area contributed by atoms with Crippen LogP contribution >= 0.6 is 27.3 Å². The Hall–Kier alpha value is -0.920. The van der Waals surface area contributed by atoms with Gasteiger partial charge in [-0.05, 0) is 34.1 Å². The third-order valence-corrected chi connectivity index (χ3v) is 5.05. The van der Waals surface area contributed by atoms with Crippen molar-refractivity contribution in [3.63, 3.8) is 0 Å². The van der Waals surface area contributed by atoms with Crippen LogP contribution in [0.3, 0.4) is 0 Å². The van der Waals surface area contributed by atoms with E-state index in [1.807, 2.05) is 11.4 Å². The standard InChI is InChI=1S/C11H11BrN2O2S2/c1-18(15,16)10-3-2-4-13-11(10)14-6-9-5-8(12)7-17-9/h2-5,7H,6H2,1H3,(H,13,14). The number of pyridine rings is 1. The lowest BCUT2D eigenvalue weighted by atomic mass is 10.4. The van der Waals surface area contributed by atoms with Crippen molar-refractivity contribution in [1.29, 1.82) is 0 Å². The Balaban J connectivity index is 2.20. The van der Waals surface area contributed by atoms with E-state index in [4.69, 9.17) is 0 Å². The SMILES string of the molecule is CS(=O)(=O)c1cccnc1NCc1cc(Br)cs1. The lowest BCUT2D eigenvalue weighted by Gasteiger charge is -2.08. The number of rotatable bonds is 4. The van der Waals surface area contributed by atoms with E-state index in [2.05, 4.69) is 26.2 Å². The van der Waals surface area contributed by atoms with Crippen LogP contribution in [0.2, 0.25) is 0 Å². The predicted molar refractivity (Wildman–Crippen MR) is 76.7 cm³/mol. The minimum Gasteiger partial charge on any atom is -0.364 e. The first-order chi connectivity index (χ1) is 8.47. The lowest BCUT2D eigenvalue weighted by molar-refractivity contribution is 0.602. The van der Waals surface area contributed by atoms with E-state index in [1.165, 1.54) is 6.26 Å². The molecule has 0 amide bonds. The van der Waals surface area contributed by atoms with E-state index in [-0.39, 0.29) is 4.90 Å². The van der Waals surface area contributed by atoms with E-state index in [9.17, 15) is 8.42 Å². The van der Waals surface area contributed by atoms with Crippen molar-refractivity contribution in [3.05, 3.63) is 39.1 Å². The zero-order valence-corrected chi connectivity index (χ0v) is 12.8. The number of hydrogen-bond donors (Lipinski definition) is 1. The number of nitrogens with zero attached hydrogens (tertiary/aromatic N) is 1. The fourth-order valence-corrected chi connectivity index (χ4v) is 3.63. The van der Waals surface area contributed by atoms with E-state index < -0.39 is 9.84 Å². The molecule has 2 heterocycles. The summed E-state index contributed by atoms with van der Waals surface area (Å²) in [4.78, 5) is 5.40. The van der Waals surface area contributed by atoms with Gasteiger partial charge in [0.1, 0.15) is 10.7 Å². The predicted octanol–water partition coefficient (Wildman–Crippen LogP) is 2.92. The average Bonchev–Trinajstić information content (AvgIpc) is 2.72. The summed E-state index contributed by atoms with van der Waals surface area (Å²) in [7, 11) is -3.26. The largest absolute Gasteiger partial charge is 0.364 e. The van der Waals surface area contributed by atoms with Gasteiger partial charge in [0, 0.05) is 27.2 Å². The van der Waals surface area contributed by atoms with Gasteiger partial charge in [0.25, 0.3) is 0 Å². The number of thiophene rings is 1. The van der Waals surface area contributed by atoms with Crippen LogP contribution in [0.15, 0.2) is 39.1 Å². The maximum absolute atomic E-state index is 11.6. The molecule has 2 aromatic rings. The van der Waals surface area contributed by atoms with Crippen LogP contribution in [0.25, 0.3) is 0 Å². The number of hydrogen-bond acceptors (Lipinski definition) is 5. The number of aromatic nitrogens is 1. The van der Waals surface area contributed by atoms with Gasteiger partial charge in [0.05, 0.1) is 6.54 Å². The van der Waals surface area contributed by atoms with E-state index >= 15 is 0 Å². The molecule has 0 aliphatic carbocycles. The van der Waals surface area contributed by atoms with Gasteiger partial charge >= 0.3 is 0 Å². The molecule has 18 heavy (non-hydrogen) atoms. The van der Waals surface area contributed by atoms with Gasteiger partial charge in [-0.3, -0.25) is 0 Å². The molecule has 0 unspecified atom stereocenters. The smallest absolute Gasteiger partial charge is 0.179 e. The van der Waals surface area contributed by atoms with Crippen molar-refractivity contribution in [1.82, 2.24) is 4.98 Å². The Kier molecular flexibility index (Phi) is 4.04. The van der Waals surface area contributed by atoms with Gasteiger partial charge in [-0.25, -0.2) is 13.4 Å². The molecule has 0 spiro atoms. The maximum atomic E-state index is 11.6. The van der Waals surface area contributed by atoms with E-state index in [0.29, 0.717) is 12.4 Å². The topological polar surface area (TPSA) is 59.1 Å². The first kappa shape index (κ1) is 13.5. The summed E-state index contributed by atoms with van der Waals surface area (Å²) in [6, 6.07) is 5.15. The second-order valence-corrected chi connectivity index (χ2v) is 7.60. The zero-order chi connectivity index (χ0) is 13.2. The molecule has 0 aliphatic heterocycles. The highest BCUT2D eigenvalue weighted by molar-refractivity contribution is 9.10. The molecular formula is C11H11BrN2O2S2. The second-order valence-electron chi connectivity index (χ2n) is 3.71. The molecule has 0 bridgehead atoms. The van der Waals surface area contributed by atoms with Crippen molar-refractivity contribution in [2.45, 2.75) is 11.4 Å². The van der Waals surface area contributed by atoms with Crippen LogP contribution in [0, 0.1) is 0 Å². The summed E-state index contributed by atoms with van der Waals surface area (Å²) in [6.07, 6.45) is 2.75. The summed E-state index contributed by atoms with van der Waals surface area (Å²) in [6.45, 7) is 0.551. The van der Waals surface area contributed by atoms with Gasteiger partial charge in [0.2, 0.25) is 0 Å². The molecule has 0 saturated heterocycles.